The summed E-state index contributed by atoms with van der Waals surface area (Å²) in [5.41, 5.74) is 0.257. The molecular formula is C24H27ClFN3O3S. The SMILES string of the molecule is CCCn1cc(S(=O)(=O)c2cccc(Cl)c2)c(=O)c2cc(F)c(N3CCN(CC)CC3)cc21. The predicted molar refractivity (Wildman–Crippen MR) is 130 cm³/mol. The summed E-state index contributed by atoms with van der Waals surface area (Å²) in [5.74, 6) is -0.523. The van der Waals surface area contributed by atoms with Crippen LogP contribution in [0.5, 0.6) is 0 Å². The van der Waals surface area contributed by atoms with Crippen molar-refractivity contribution in [3.8, 4) is 0 Å². The molecule has 0 spiro atoms. The summed E-state index contributed by atoms with van der Waals surface area (Å²) in [6, 6.07) is 8.65. The van der Waals surface area contributed by atoms with Crippen LogP contribution >= 0.6 is 11.6 Å². The van der Waals surface area contributed by atoms with Crippen molar-refractivity contribution in [2.24, 2.45) is 0 Å². The Morgan fingerprint density at radius 2 is 1.79 bits per heavy atom. The van der Waals surface area contributed by atoms with E-state index in [-0.39, 0.29) is 20.2 Å². The van der Waals surface area contributed by atoms with Gasteiger partial charge in [-0.1, -0.05) is 31.5 Å². The predicted octanol–water partition coefficient (Wildman–Crippen LogP) is 4.18. The minimum Gasteiger partial charge on any atom is -0.367 e. The molecule has 0 amide bonds. The summed E-state index contributed by atoms with van der Waals surface area (Å²) in [6.45, 7) is 8.57. The molecule has 0 aliphatic carbocycles. The fraction of sp³-hybridized carbons (Fsp3) is 0.375. The average molecular weight is 492 g/mol. The number of fused-ring (bicyclic) bond motifs is 1. The number of nitrogens with zero attached hydrogens (tertiary/aromatic N) is 3. The molecule has 2 heterocycles. The van der Waals surface area contributed by atoms with E-state index in [2.05, 4.69) is 11.8 Å². The van der Waals surface area contributed by atoms with Crippen molar-refractivity contribution in [1.29, 1.82) is 0 Å². The van der Waals surface area contributed by atoms with Gasteiger partial charge in [0.05, 0.1) is 21.5 Å². The molecule has 1 aliphatic rings. The van der Waals surface area contributed by atoms with E-state index in [9.17, 15) is 13.2 Å². The maximum Gasteiger partial charge on any atom is 0.211 e. The Morgan fingerprint density at radius 3 is 2.42 bits per heavy atom. The largest absolute Gasteiger partial charge is 0.367 e. The lowest BCUT2D eigenvalue weighted by Gasteiger charge is -2.35. The second kappa shape index (κ2) is 9.44. The van der Waals surface area contributed by atoms with E-state index < -0.39 is 21.1 Å². The number of aryl methyl sites for hydroxylation is 1. The Morgan fingerprint density at radius 1 is 1.06 bits per heavy atom. The fourth-order valence-electron chi connectivity index (χ4n) is 4.30. The molecule has 0 atom stereocenters. The van der Waals surface area contributed by atoms with E-state index >= 15 is 4.39 Å². The summed E-state index contributed by atoms with van der Waals surface area (Å²) in [6.07, 6.45) is 2.09. The van der Waals surface area contributed by atoms with Crippen LogP contribution in [0.15, 0.2) is 57.2 Å². The first-order valence-electron chi connectivity index (χ1n) is 11.1. The molecule has 3 aromatic rings. The van der Waals surface area contributed by atoms with Crippen LogP contribution in [-0.4, -0.2) is 50.6 Å². The Balaban J connectivity index is 1.87. The molecule has 1 aliphatic heterocycles. The molecule has 2 aromatic carbocycles. The van der Waals surface area contributed by atoms with E-state index in [0.29, 0.717) is 30.8 Å². The van der Waals surface area contributed by atoms with Gasteiger partial charge in [0.1, 0.15) is 10.7 Å². The molecule has 4 rings (SSSR count). The minimum absolute atomic E-state index is 0.0556. The van der Waals surface area contributed by atoms with Gasteiger partial charge in [0.25, 0.3) is 0 Å². The number of anilines is 1. The smallest absolute Gasteiger partial charge is 0.211 e. The normalized spacial score (nSPS) is 15.3. The van der Waals surface area contributed by atoms with Gasteiger partial charge in [-0.05, 0) is 43.3 Å². The third-order valence-corrected chi connectivity index (χ3v) is 8.12. The number of hydrogen-bond acceptors (Lipinski definition) is 5. The monoisotopic (exact) mass is 491 g/mol. The van der Waals surface area contributed by atoms with Crippen molar-refractivity contribution >= 4 is 38.0 Å². The third kappa shape index (κ3) is 4.52. The summed E-state index contributed by atoms with van der Waals surface area (Å²) in [4.78, 5) is 17.1. The molecule has 6 nitrogen and oxygen atoms in total. The van der Waals surface area contributed by atoms with Crippen molar-refractivity contribution in [2.75, 3.05) is 37.6 Å². The number of piperazine rings is 1. The molecule has 0 unspecified atom stereocenters. The summed E-state index contributed by atoms with van der Waals surface area (Å²) in [5, 5.41) is 0.310. The van der Waals surface area contributed by atoms with Crippen molar-refractivity contribution in [1.82, 2.24) is 9.47 Å². The number of halogens is 2. The van der Waals surface area contributed by atoms with Crippen molar-refractivity contribution in [3.05, 3.63) is 63.7 Å². The molecule has 0 bridgehead atoms. The zero-order valence-electron chi connectivity index (χ0n) is 18.7. The molecule has 0 radical (unpaired) electrons. The van der Waals surface area contributed by atoms with Crippen LogP contribution in [0, 0.1) is 5.82 Å². The standard InChI is InChI=1S/C24H27ClFN3O3S/c1-3-8-29-16-23(33(31,32)18-7-5-6-17(25)13-18)24(30)19-14-20(26)22(15-21(19)29)28-11-9-27(4-2)10-12-28/h5-7,13-16H,3-4,8-12H2,1-2H3. The van der Waals surface area contributed by atoms with E-state index in [0.717, 1.165) is 26.1 Å². The summed E-state index contributed by atoms with van der Waals surface area (Å²) < 4.78 is 43.5. The van der Waals surface area contributed by atoms with Crippen LogP contribution in [0.3, 0.4) is 0 Å². The van der Waals surface area contributed by atoms with Gasteiger partial charge in [0, 0.05) is 43.9 Å². The molecule has 0 saturated carbocycles. The van der Waals surface area contributed by atoms with Gasteiger partial charge in [0.2, 0.25) is 15.3 Å². The number of sulfone groups is 1. The second-order valence-corrected chi connectivity index (χ2v) is 10.6. The van der Waals surface area contributed by atoms with Crippen LogP contribution in [-0.2, 0) is 16.4 Å². The molecule has 1 fully saturated rings. The van der Waals surface area contributed by atoms with Crippen LogP contribution < -0.4 is 10.3 Å². The van der Waals surface area contributed by atoms with Crippen molar-refractivity contribution in [3.63, 3.8) is 0 Å². The number of aromatic nitrogens is 1. The number of hydrogen-bond donors (Lipinski definition) is 0. The number of likely N-dealkylation sites (N-methyl/N-ethyl adjacent to an activating group) is 1. The highest BCUT2D eigenvalue weighted by molar-refractivity contribution is 7.91. The van der Waals surface area contributed by atoms with Crippen LogP contribution in [0.25, 0.3) is 10.9 Å². The van der Waals surface area contributed by atoms with Crippen LogP contribution in [0.4, 0.5) is 10.1 Å². The first-order valence-corrected chi connectivity index (χ1v) is 13.0. The molecular weight excluding hydrogens is 465 g/mol. The zero-order valence-corrected chi connectivity index (χ0v) is 20.3. The van der Waals surface area contributed by atoms with Gasteiger partial charge >= 0.3 is 0 Å². The Hall–Kier alpha value is -2.42. The fourth-order valence-corrected chi connectivity index (χ4v) is 5.97. The Kier molecular flexibility index (Phi) is 6.79. The number of rotatable bonds is 6. The van der Waals surface area contributed by atoms with Gasteiger partial charge in [-0.2, -0.15) is 0 Å². The minimum atomic E-state index is -4.13. The van der Waals surface area contributed by atoms with Crippen LogP contribution in [0.2, 0.25) is 5.02 Å². The Bertz CT molecular complexity index is 1350. The van der Waals surface area contributed by atoms with E-state index in [1.165, 1.54) is 30.5 Å². The lowest BCUT2D eigenvalue weighted by Crippen LogP contribution is -2.46. The molecule has 1 saturated heterocycles. The first kappa shape index (κ1) is 23.7. The quantitative estimate of drug-likeness (QED) is 0.517. The maximum atomic E-state index is 15.2. The van der Waals surface area contributed by atoms with E-state index in [4.69, 9.17) is 11.6 Å². The molecule has 33 heavy (non-hydrogen) atoms. The lowest BCUT2D eigenvalue weighted by atomic mass is 10.1. The second-order valence-electron chi connectivity index (χ2n) is 8.22. The number of benzene rings is 2. The van der Waals surface area contributed by atoms with Gasteiger partial charge < -0.3 is 14.4 Å². The number of pyridine rings is 1. The molecule has 0 N–H and O–H groups in total. The maximum absolute atomic E-state index is 15.2. The van der Waals surface area contributed by atoms with Gasteiger partial charge in [-0.3, -0.25) is 4.79 Å². The van der Waals surface area contributed by atoms with Gasteiger partial charge in [-0.15, -0.1) is 0 Å². The summed E-state index contributed by atoms with van der Waals surface area (Å²) >= 11 is 5.98. The van der Waals surface area contributed by atoms with E-state index in [1.54, 1.807) is 16.7 Å². The Labute approximate surface area is 198 Å². The molecule has 1 aromatic heterocycles. The first-order chi connectivity index (χ1) is 15.8. The topological polar surface area (TPSA) is 62.6 Å². The van der Waals surface area contributed by atoms with Gasteiger partial charge in [0.15, 0.2) is 0 Å². The third-order valence-electron chi connectivity index (χ3n) is 6.14. The molecule has 176 valence electrons. The van der Waals surface area contributed by atoms with Crippen molar-refractivity contribution in [2.45, 2.75) is 36.6 Å². The van der Waals surface area contributed by atoms with Gasteiger partial charge in [-0.25, -0.2) is 12.8 Å². The average Bonchev–Trinajstić information content (AvgIpc) is 2.81. The zero-order chi connectivity index (χ0) is 23.8. The van der Waals surface area contributed by atoms with Crippen LogP contribution in [0.1, 0.15) is 20.3 Å². The van der Waals surface area contributed by atoms with E-state index in [1.807, 2.05) is 11.8 Å². The summed E-state index contributed by atoms with van der Waals surface area (Å²) in [7, 11) is -4.13. The lowest BCUT2D eigenvalue weighted by molar-refractivity contribution is 0.270. The highest BCUT2D eigenvalue weighted by Crippen LogP contribution is 2.28. The molecule has 9 heteroatoms. The van der Waals surface area contributed by atoms with Crippen molar-refractivity contribution < 1.29 is 12.8 Å². The highest BCUT2D eigenvalue weighted by atomic mass is 35.5. The highest BCUT2D eigenvalue weighted by Gasteiger charge is 2.26.